The van der Waals surface area contributed by atoms with Crippen molar-refractivity contribution in [3.05, 3.63) is 48.0 Å². The van der Waals surface area contributed by atoms with Crippen LogP contribution in [0.2, 0.25) is 0 Å². The van der Waals surface area contributed by atoms with Crippen LogP contribution in [0.5, 0.6) is 11.5 Å². The van der Waals surface area contributed by atoms with Crippen molar-refractivity contribution in [2.24, 2.45) is 0 Å². The van der Waals surface area contributed by atoms with Gasteiger partial charge in [0.05, 0.1) is 12.8 Å². The first-order valence-corrected chi connectivity index (χ1v) is 7.51. The Morgan fingerprint density at radius 1 is 1.24 bits per heavy atom. The minimum atomic E-state index is -1.09. The van der Waals surface area contributed by atoms with Gasteiger partial charge in [0.15, 0.2) is 11.5 Å². The van der Waals surface area contributed by atoms with Gasteiger partial charge in [0.1, 0.15) is 11.7 Å². The standard InChI is InChI=1S/C16H16N4O5/c21-8-12(20-16(23)11-7-17-3-4-18-11)15(22)19-6-10-1-2-13-14(5-10)25-9-24-13/h1-5,7,12,21H,6,8-9H2,(H,19,22)(H,20,23)/t12-/m0/s1. The number of nitrogens with zero attached hydrogens (tertiary/aromatic N) is 2. The van der Waals surface area contributed by atoms with Crippen molar-refractivity contribution in [2.45, 2.75) is 12.6 Å². The van der Waals surface area contributed by atoms with Gasteiger partial charge in [0, 0.05) is 18.9 Å². The number of aromatic nitrogens is 2. The Kier molecular flexibility index (Phi) is 5.05. The summed E-state index contributed by atoms with van der Waals surface area (Å²) in [7, 11) is 0. The van der Waals surface area contributed by atoms with Gasteiger partial charge >= 0.3 is 0 Å². The molecule has 130 valence electrons. The first-order chi connectivity index (χ1) is 12.2. The molecule has 0 fully saturated rings. The molecular formula is C16H16N4O5. The molecule has 2 amide bonds. The van der Waals surface area contributed by atoms with E-state index in [1.807, 2.05) is 0 Å². The molecule has 1 aromatic carbocycles. The molecule has 3 rings (SSSR count). The summed E-state index contributed by atoms with van der Waals surface area (Å²) in [6, 6.07) is 4.21. The maximum atomic E-state index is 12.2. The molecule has 0 unspecified atom stereocenters. The molecule has 1 aromatic heterocycles. The fourth-order valence-corrected chi connectivity index (χ4v) is 2.21. The van der Waals surface area contributed by atoms with Crippen LogP contribution < -0.4 is 20.1 Å². The van der Waals surface area contributed by atoms with Crippen LogP contribution >= 0.6 is 0 Å². The molecule has 2 aromatic rings. The topological polar surface area (TPSA) is 123 Å². The lowest BCUT2D eigenvalue weighted by molar-refractivity contribution is -0.124. The second-order valence-corrected chi connectivity index (χ2v) is 5.20. The maximum absolute atomic E-state index is 12.2. The minimum Gasteiger partial charge on any atom is -0.454 e. The van der Waals surface area contributed by atoms with Crippen molar-refractivity contribution in [3.8, 4) is 11.5 Å². The summed E-state index contributed by atoms with van der Waals surface area (Å²) >= 11 is 0. The van der Waals surface area contributed by atoms with Gasteiger partial charge in [-0.05, 0) is 17.7 Å². The van der Waals surface area contributed by atoms with Gasteiger partial charge in [-0.1, -0.05) is 6.07 Å². The Balaban J connectivity index is 1.56. The van der Waals surface area contributed by atoms with Crippen LogP contribution in [0.25, 0.3) is 0 Å². The fourth-order valence-electron chi connectivity index (χ4n) is 2.21. The van der Waals surface area contributed by atoms with E-state index >= 15 is 0 Å². The number of hydrogen-bond acceptors (Lipinski definition) is 7. The van der Waals surface area contributed by atoms with Gasteiger partial charge in [0.25, 0.3) is 5.91 Å². The molecule has 1 aliphatic rings. The number of nitrogens with one attached hydrogen (secondary N) is 2. The normalized spacial score (nSPS) is 13.2. The van der Waals surface area contributed by atoms with Crippen LogP contribution in [0.3, 0.4) is 0 Å². The summed E-state index contributed by atoms with van der Waals surface area (Å²) in [6.07, 6.45) is 4.06. The van der Waals surface area contributed by atoms with Crippen molar-refractivity contribution in [2.75, 3.05) is 13.4 Å². The van der Waals surface area contributed by atoms with Crippen molar-refractivity contribution in [3.63, 3.8) is 0 Å². The third-order valence-electron chi connectivity index (χ3n) is 3.50. The molecular weight excluding hydrogens is 328 g/mol. The van der Waals surface area contributed by atoms with E-state index in [9.17, 15) is 14.7 Å². The number of hydrogen-bond donors (Lipinski definition) is 3. The number of ether oxygens (including phenoxy) is 2. The van der Waals surface area contributed by atoms with Gasteiger partial charge in [-0.3, -0.25) is 14.6 Å². The van der Waals surface area contributed by atoms with E-state index in [0.717, 1.165) is 5.56 Å². The van der Waals surface area contributed by atoms with Gasteiger partial charge in [-0.15, -0.1) is 0 Å². The first kappa shape index (κ1) is 16.7. The van der Waals surface area contributed by atoms with Crippen LogP contribution in [0.4, 0.5) is 0 Å². The molecule has 0 saturated carbocycles. The zero-order chi connectivity index (χ0) is 17.6. The Morgan fingerprint density at radius 2 is 2.08 bits per heavy atom. The molecule has 0 aliphatic carbocycles. The number of benzene rings is 1. The molecule has 1 aliphatic heterocycles. The van der Waals surface area contributed by atoms with E-state index in [1.54, 1.807) is 18.2 Å². The van der Waals surface area contributed by atoms with Crippen molar-refractivity contribution < 1.29 is 24.2 Å². The summed E-state index contributed by atoms with van der Waals surface area (Å²) in [5.74, 6) is 0.156. The van der Waals surface area contributed by atoms with Crippen LogP contribution in [-0.2, 0) is 11.3 Å². The molecule has 0 saturated heterocycles. The third kappa shape index (κ3) is 4.01. The number of rotatable bonds is 6. The monoisotopic (exact) mass is 344 g/mol. The second-order valence-electron chi connectivity index (χ2n) is 5.20. The Morgan fingerprint density at radius 3 is 2.84 bits per heavy atom. The predicted octanol–water partition coefficient (Wildman–Crippen LogP) is -0.388. The molecule has 9 nitrogen and oxygen atoms in total. The van der Waals surface area contributed by atoms with Crippen LogP contribution in [-0.4, -0.2) is 46.3 Å². The lowest BCUT2D eigenvalue weighted by Gasteiger charge is -2.16. The van der Waals surface area contributed by atoms with Crippen molar-refractivity contribution >= 4 is 11.8 Å². The average molecular weight is 344 g/mol. The summed E-state index contributed by atoms with van der Waals surface area (Å²) in [5, 5.41) is 14.4. The molecule has 0 bridgehead atoms. The van der Waals surface area contributed by atoms with Crippen LogP contribution in [0, 0.1) is 0 Å². The first-order valence-electron chi connectivity index (χ1n) is 7.51. The molecule has 0 radical (unpaired) electrons. The number of amides is 2. The average Bonchev–Trinajstić information content (AvgIpc) is 3.12. The second kappa shape index (κ2) is 7.58. The van der Waals surface area contributed by atoms with E-state index in [1.165, 1.54) is 18.6 Å². The van der Waals surface area contributed by atoms with Crippen molar-refractivity contribution in [1.29, 1.82) is 0 Å². The fraction of sp³-hybridized carbons (Fsp3) is 0.250. The Hall–Kier alpha value is -3.20. The lowest BCUT2D eigenvalue weighted by Crippen LogP contribution is -2.48. The van der Waals surface area contributed by atoms with E-state index in [4.69, 9.17) is 9.47 Å². The molecule has 0 spiro atoms. The lowest BCUT2D eigenvalue weighted by atomic mass is 10.2. The summed E-state index contributed by atoms with van der Waals surface area (Å²) in [6.45, 7) is -0.155. The Bertz CT molecular complexity index is 768. The number of carbonyl (C=O) groups excluding carboxylic acids is 2. The van der Waals surface area contributed by atoms with Crippen LogP contribution in [0.15, 0.2) is 36.8 Å². The Labute approximate surface area is 143 Å². The molecule has 1 atom stereocenters. The summed E-state index contributed by atoms with van der Waals surface area (Å²) in [4.78, 5) is 31.8. The highest BCUT2D eigenvalue weighted by atomic mass is 16.7. The van der Waals surface area contributed by atoms with E-state index in [0.29, 0.717) is 11.5 Å². The van der Waals surface area contributed by atoms with Crippen LogP contribution in [0.1, 0.15) is 16.1 Å². The highest BCUT2D eigenvalue weighted by Gasteiger charge is 2.21. The zero-order valence-corrected chi connectivity index (χ0v) is 13.1. The predicted molar refractivity (Wildman–Crippen MR) is 84.8 cm³/mol. The van der Waals surface area contributed by atoms with E-state index < -0.39 is 24.5 Å². The van der Waals surface area contributed by atoms with Gasteiger partial charge in [-0.2, -0.15) is 0 Å². The van der Waals surface area contributed by atoms with Gasteiger partial charge in [0.2, 0.25) is 12.7 Å². The molecule has 9 heteroatoms. The maximum Gasteiger partial charge on any atom is 0.272 e. The highest BCUT2D eigenvalue weighted by molar-refractivity contribution is 5.95. The number of carbonyl (C=O) groups is 2. The largest absolute Gasteiger partial charge is 0.454 e. The van der Waals surface area contributed by atoms with E-state index in [-0.39, 0.29) is 19.0 Å². The van der Waals surface area contributed by atoms with Gasteiger partial charge < -0.3 is 25.2 Å². The van der Waals surface area contributed by atoms with Crippen molar-refractivity contribution in [1.82, 2.24) is 20.6 Å². The highest BCUT2D eigenvalue weighted by Crippen LogP contribution is 2.32. The quantitative estimate of drug-likeness (QED) is 0.652. The SMILES string of the molecule is O=C(N[C@@H](CO)C(=O)NCc1ccc2c(c1)OCO2)c1cnccn1. The van der Waals surface area contributed by atoms with Gasteiger partial charge in [-0.25, -0.2) is 4.98 Å². The molecule has 25 heavy (non-hydrogen) atoms. The molecule has 2 heterocycles. The summed E-state index contributed by atoms with van der Waals surface area (Å²) in [5.41, 5.74) is 0.860. The summed E-state index contributed by atoms with van der Waals surface area (Å²) < 4.78 is 10.5. The third-order valence-corrected chi connectivity index (χ3v) is 3.50. The molecule has 3 N–H and O–H groups in total. The zero-order valence-electron chi connectivity index (χ0n) is 13.1. The number of aliphatic hydroxyl groups excluding tert-OH is 1. The number of fused-ring (bicyclic) bond motifs is 1. The van der Waals surface area contributed by atoms with E-state index in [2.05, 4.69) is 20.6 Å². The smallest absolute Gasteiger partial charge is 0.272 e. The minimum absolute atomic E-state index is 0.0597. The number of aliphatic hydroxyl groups is 1.